The third-order valence-electron chi connectivity index (χ3n) is 3.81. The first-order chi connectivity index (χ1) is 8.77. The minimum absolute atomic E-state index is 0.235. The number of aliphatic hydroxyl groups is 1. The lowest BCUT2D eigenvalue weighted by molar-refractivity contribution is -0.0475. The molecule has 0 saturated carbocycles. The molecule has 2 rings (SSSR count). The molecule has 2 aliphatic heterocycles. The van der Waals surface area contributed by atoms with Crippen LogP contribution in [-0.2, 0) is 4.74 Å². The van der Waals surface area contributed by atoms with Gasteiger partial charge in [-0.15, -0.1) is 0 Å². The minimum atomic E-state index is -0.532. The van der Waals surface area contributed by atoms with Crippen LogP contribution in [-0.4, -0.2) is 53.5 Å². The molecule has 0 unspecified atom stereocenters. The van der Waals surface area contributed by atoms with Gasteiger partial charge in [0, 0.05) is 13.1 Å². The van der Waals surface area contributed by atoms with Crippen LogP contribution >= 0.6 is 0 Å². The summed E-state index contributed by atoms with van der Waals surface area (Å²) in [4.78, 5) is 13.5. The van der Waals surface area contributed by atoms with E-state index in [1.807, 2.05) is 20.8 Å². The molecule has 19 heavy (non-hydrogen) atoms. The van der Waals surface area contributed by atoms with Crippen LogP contribution < -0.4 is 5.32 Å². The van der Waals surface area contributed by atoms with Crippen LogP contribution in [0.4, 0.5) is 4.79 Å². The van der Waals surface area contributed by atoms with E-state index in [1.165, 1.54) is 0 Å². The van der Waals surface area contributed by atoms with E-state index < -0.39 is 11.2 Å². The fraction of sp³-hybridized carbons (Fsp3) is 0.929. The summed E-state index contributed by atoms with van der Waals surface area (Å²) >= 11 is 0. The highest BCUT2D eigenvalue weighted by atomic mass is 16.6. The molecule has 0 aromatic rings. The van der Waals surface area contributed by atoms with Gasteiger partial charge in [0.1, 0.15) is 5.60 Å². The van der Waals surface area contributed by atoms with Crippen LogP contribution in [0.2, 0.25) is 0 Å². The second kappa shape index (κ2) is 5.29. The molecular formula is C14H26N2O3. The van der Waals surface area contributed by atoms with E-state index in [0.717, 1.165) is 32.4 Å². The van der Waals surface area contributed by atoms with Crippen LogP contribution in [0.15, 0.2) is 0 Å². The van der Waals surface area contributed by atoms with Gasteiger partial charge in [0.2, 0.25) is 0 Å². The van der Waals surface area contributed by atoms with Gasteiger partial charge < -0.3 is 20.1 Å². The highest BCUT2D eigenvalue weighted by Gasteiger charge is 2.39. The number of nitrogens with zero attached hydrogens (tertiary/aromatic N) is 1. The molecule has 0 aliphatic carbocycles. The zero-order valence-corrected chi connectivity index (χ0v) is 12.2. The van der Waals surface area contributed by atoms with Crippen LogP contribution in [0.3, 0.4) is 0 Å². The van der Waals surface area contributed by atoms with Crippen molar-refractivity contribution in [3.05, 3.63) is 0 Å². The van der Waals surface area contributed by atoms with Crippen molar-refractivity contribution in [3.63, 3.8) is 0 Å². The van der Waals surface area contributed by atoms with Crippen LogP contribution in [0, 0.1) is 5.92 Å². The second-order valence-corrected chi connectivity index (χ2v) is 6.93. The predicted octanol–water partition coefficient (Wildman–Crippen LogP) is 1.36. The lowest BCUT2D eigenvalue weighted by atomic mass is 9.80. The molecule has 0 aromatic heterocycles. The fourth-order valence-electron chi connectivity index (χ4n) is 2.81. The molecule has 2 N–H and O–H groups in total. The van der Waals surface area contributed by atoms with E-state index in [9.17, 15) is 9.90 Å². The topological polar surface area (TPSA) is 61.8 Å². The monoisotopic (exact) mass is 270 g/mol. The van der Waals surface area contributed by atoms with Crippen molar-refractivity contribution in [1.29, 1.82) is 0 Å². The molecule has 110 valence electrons. The number of nitrogens with one attached hydrogen (secondary N) is 1. The minimum Gasteiger partial charge on any atom is -0.444 e. The summed E-state index contributed by atoms with van der Waals surface area (Å²) in [7, 11) is 0. The lowest BCUT2D eigenvalue weighted by Gasteiger charge is -2.44. The maximum Gasteiger partial charge on any atom is 0.410 e. The van der Waals surface area contributed by atoms with Gasteiger partial charge in [-0.2, -0.15) is 0 Å². The molecule has 2 fully saturated rings. The highest BCUT2D eigenvalue weighted by Crippen LogP contribution is 2.31. The van der Waals surface area contributed by atoms with Crippen LogP contribution in [0.5, 0.6) is 0 Å². The fourth-order valence-corrected chi connectivity index (χ4v) is 2.81. The summed E-state index contributed by atoms with van der Waals surface area (Å²) < 4.78 is 5.32. The summed E-state index contributed by atoms with van der Waals surface area (Å²) in [6.45, 7) is 8.83. The number of amides is 1. The average molecular weight is 270 g/mol. The normalized spacial score (nSPS) is 23.9. The van der Waals surface area contributed by atoms with Crippen molar-refractivity contribution in [3.8, 4) is 0 Å². The van der Waals surface area contributed by atoms with Crippen molar-refractivity contribution in [2.45, 2.75) is 51.2 Å². The number of ether oxygens (including phenoxy) is 1. The number of carbonyl (C=O) groups is 1. The maximum absolute atomic E-state index is 11.8. The van der Waals surface area contributed by atoms with Crippen molar-refractivity contribution in [2.75, 3.05) is 26.2 Å². The largest absolute Gasteiger partial charge is 0.444 e. The number of hydrogen-bond acceptors (Lipinski definition) is 4. The number of hydrogen-bond donors (Lipinski definition) is 2. The van der Waals surface area contributed by atoms with E-state index in [4.69, 9.17) is 4.74 Å². The lowest BCUT2D eigenvalue weighted by Crippen LogP contribution is -2.55. The van der Waals surface area contributed by atoms with Crippen LogP contribution in [0.25, 0.3) is 0 Å². The standard InChI is InChI=1S/C14H26N2O3/c1-13(2,3)19-12(17)16-9-11(10-16)8-14(18)4-6-15-7-5-14/h11,15,18H,4-10H2,1-3H3. The van der Waals surface area contributed by atoms with E-state index in [2.05, 4.69) is 5.32 Å². The molecule has 0 aromatic carbocycles. The average Bonchev–Trinajstić information content (AvgIpc) is 2.21. The summed E-state index contributed by atoms with van der Waals surface area (Å²) in [5.74, 6) is 0.413. The SMILES string of the molecule is CC(C)(C)OC(=O)N1CC(CC2(O)CCNCC2)C1. The van der Waals surface area contributed by atoms with E-state index in [0.29, 0.717) is 19.0 Å². The Hall–Kier alpha value is -0.810. The number of piperidine rings is 1. The Kier molecular flexibility index (Phi) is 4.06. The van der Waals surface area contributed by atoms with Gasteiger partial charge in [0.25, 0.3) is 0 Å². The smallest absolute Gasteiger partial charge is 0.410 e. The molecule has 2 saturated heterocycles. The number of likely N-dealkylation sites (tertiary alicyclic amines) is 1. The molecule has 0 radical (unpaired) electrons. The van der Waals surface area contributed by atoms with Gasteiger partial charge in [0.15, 0.2) is 0 Å². The third-order valence-corrected chi connectivity index (χ3v) is 3.81. The quantitative estimate of drug-likeness (QED) is 0.795. The summed E-state index contributed by atoms with van der Waals surface area (Å²) in [6.07, 6.45) is 2.20. The maximum atomic E-state index is 11.8. The van der Waals surface area contributed by atoms with Gasteiger partial charge in [-0.3, -0.25) is 0 Å². The van der Waals surface area contributed by atoms with Gasteiger partial charge in [-0.05, 0) is 59.0 Å². The molecule has 0 atom stereocenters. The Bertz CT molecular complexity index is 326. The number of rotatable bonds is 2. The summed E-state index contributed by atoms with van der Waals surface area (Å²) in [5, 5.41) is 13.7. The van der Waals surface area contributed by atoms with Gasteiger partial charge >= 0.3 is 6.09 Å². The Morgan fingerprint density at radius 1 is 1.37 bits per heavy atom. The van der Waals surface area contributed by atoms with Gasteiger partial charge in [0.05, 0.1) is 5.60 Å². The predicted molar refractivity (Wildman–Crippen MR) is 73.0 cm³/mol. The summed E-state index contributed by atoms with van der Waals surface area (Å²) in [6, 6.07) is 0. The van der Waals surface area contributed by atoms with Crippen LogP contribution in [0.1, 0.15) is 40.0 Å². The molecule has 1 amide bonds. The first kappa shape index (κ1) is 14.6. The molecule has 0 bridgehead atoms. The molecule has 5 nitrogen and oxygen atoms in total. The summed E-state index contributed by atoms with van der Waals surface area (Å²) in [5.41, 5.74) is -0.967. The van der Waals surface area contributed by atoms with E-state index in [-0.39, 0.29) is 6.09 Å². The molecule has 2 aliphatic rings. The van der Waals surface area contributed by atoms with Crippen molar-refractivity contribution >= 4 is 6.09 Å². The zero-order chi connectivity index (χ0) is 14.1. The van der Waals surface area contributed by atoms with Crippen molar-refractivity contribution in [2.24, 2.45) is 5.92 Å². The first-order valence-electron chi connectivity index (χ1n) is 7.18. The van der Waals surface area contributed by atoms with Gasteiger partial charge in [-0.1, -0.05) is 0 Å². The Morgan fingerprint density at radius 2 is 1.95 bits per heavy atom. The molecule has 2 heterocycles. The molecule has 5 heteroatoms. The Labute approximate surface area is 115 Å². The second-order valence-electron chi connectivity index (χ2n) is 6.93. The zero-order valence-electron chi connectivity index (χ0n) is 12.2. The molecular weight excluding hydrogens is 244 g/mol. The molecule has 0 spiro atoms. The highest BCUT2D eigenvalue weighted by molar-refractivity contribution is 5.69. The Balaban J connectivity index is 1.72. The van der Waals surface area contributed by atoms with Gasteiger partial charge in [-0.25, -0.2) is 4.79 Å². The third kappa shape index (κ3) is 4.08. The van der Waals surface area contributed by atoms with Crippen molar-refractivity contribution in [1.82, 2.24) is 10.2 Å². The Morgan fingerprint density at radius 3 is 2.47 bits per heavy atom. The first-order valence-corrected chi connectivity index (χ1v) is 7.18. The van der Waals surface area contributed by atoms with E-state index in [1.54, 1.807) is 4.90 Å². The van der Waals surface area contributed by atoms with Crippen molar-refractivity contribution < 1.29 is 14.6 Å². The van der Waals surface area contributed by atoms with E-state index >= 15 is 0 Å². The number of carbonyl (C=O) groups excluding carboxylic acids is 1.